The van der Waals surface area contributed by atoms with E-state index < -0.39 is 40.1 Å². The van der Waals surface area contributed by atoms with Crippen molar-refractivity contribution >= 4 is 16.0 Å². The molecule has 0 bridgehead atoms. The number of sulfonamides is 1. The van der Waals surface area contributed by atoms with Crippen molar-refractivity contribution in [2.75, 3.05) is 0 Å². The summed E-state index contributed by atoms with van der Waals surface area (Å²) >= 11 is 0. The summed E-state index contributed by atoms with van der Waals surface area (Å²) in [6.07, 6.45) is -0.522. The Morgan fingerprint density at radius 1 is 1.00 bits per heavy atom. The van der Waals surface area contributed by atoms with Gasteiger partial charge in [0.05, 0.1) is 17.4 Å². The second-order valence-electron chi connectivity index (χ2n) is 4.78. The van der Waals surface area contributed by atoms with E-state index in [2.05, 4.69) is 4.72 Å². The van der Waals surface area contributed by atoms with E-state index in [0.29, 0.717) is 5.56 Å². The predicted molar refractivity (Wildman–Crippen MR) is 78.1 cm³/mol. The molecular formula is C15H13F2NO4S. The van der Waals surface area contributed by atoms with Gasteiger partial charge in [-0.1, -0.05) is 12.1 Å². The number of carboxylic acids is 1. The van der Waals surface area contributed by atoms with Crippen LogP contribution in [0.1, 0.15) is 18.0 Å². The van der Waals surface area contributed by atoms with E-state index in [4.69, 9.17) is 5.11 Å². The Bertz CT molecular complexity index is 789. The molecular weight excluding hydrogens is 328 g/mol. The van der Waals surface area contributed by atoms with Gasteiger partial charge in [0, 0.05) is 0 Å². The number of benzene rings is 2. The largest absolute Gasteiger partial charge is 0.481 e. The van der Waals surface area contributed by atoms with Crippen molar-refractivity contribution in [2.24, 2.45) is 0 Å². The number of rotatable bonds is 6. The summed E-state index contributed by atoms with van der Waals surface area (Å²) < 4.78 is 52.6. The highest BCUT2D eigenvalue weighted by molar-refractivity contribution is 7.89. The number of aliphatic carboxylic acids is 1. The molecule has 2 rings (SSSR count). The third kappa shape index (κ3) is 4.57. The summed E-state index contributed by atoms with van der Waals surface area (Å²) in [7, 11) is -4.05. The van der Waals surface area contributed by atoms with Gasteiger partial charge in [-0.2, -0.15) is 0 Å². The summed E-state index contributed by atoms with van der Waals surface area (Å²) in [5.41, 5.74) is 0.305. The lowest BCUT2D eigenvalue weighted by molar-refractivity contribution is -0.137. The van der Waals surface area contributed by atoms with Gasteiger partial charge in [0.2, 0.25) is 10.0 Å². The van der Waals surface area contributed by atoms with E-state index in [-0.39, 0.29) is 4.90 Å². The van der Waals surface area contributed by atoms with Crippen LogP contribution in [0, 0.1) is 11.6 Å². The standard InChI is InChI=1S/C15H13F2NO4S/c16-11-3-1-10(2-4-11)14(9-15(19)20)18-23(21,22)13-7-5-12(17)6-8-13/h1-8,14,18H,9H2,(H,19,20). The Morgan fingerprint density at radius 2 is 1.48 bits per heavy atom. The van der Waals surface area contributed by atoms with Crippen LogP contribution >= 0.6 is 0 Å². The molecule has 0 saturated heterocycles. The number of carbonyl (C=O) groups is 1. The molecule has 0 amide bonds. The summed E-state index contributed by atoms with van der Waals surface area (Å²) in [5.74, 6) is -2.34. The maximum Gasteiger partial charge on any atom is 0.305 e. The summed E-state index contributed by atoms with van der Waals surface area (Å²) in [6.45, 7) is 0. The fourth-order valence-corrected chi connectivity index (χ4v) is 3.19. The van der Waals surface area contributed by atoms with Crippen LogP contribution in [-0.2, 0) is 14.8 Å². The lowest BCUT2D eigenvalue weighted by atomic mass is 10.1. The third-order valence-electron chi connectivity index (χ3n) is 3.07. The van der Waals surface area contributed by atoms with Crippen LogP contribution in [0.5, 0.6) is 0 Å². The highest BCUT2D eigenvalue weighted by Crippen LogP contribution is 2.21. The first kappa shape index (κ1) is 17.0. The summed E-state index contributed by atoms with van der Waals surface area (Å²) in [6, 6.07) is 7.85. The van der Waals surface area contributed by atoms with E-state index in [9.17, 15) is 22.0 Å². The predicted octanol–water partition coefficient (Wildman–Crippen LogP) is 2.46. The minimum atomic E-state index is -4.05. The van der Waals surface area contributed by atoms with Crippen molar-refractivity contribution in [2.45, 2.75) is 17.4 Å². The van der Waals surface area contributed by atoms with E-state index in [1.807, 2.05) is 0 Å². The van der Waals surface area contributed by atoms with Crippen LogP contribution in [0.25, 0.3) is 0 Å². The monoisotopic (exact) mass is 341 g/mol. The average molecular weight is 341 g/mol. The highest BCUT2D eigenvalue weighted by atomic mass is 32.2. The van der Waals surface area contributed by atoms with Gasteiger partial charge in [0.1, 0.15) is 11.6 Å². The zero-order valence-electron chi connectivity index (χ0n) is 11.7. The number of nitrogens with one attached hydrogen (secondary N) is 1. The van der Waals surface area contributed by atoms with Crippen LogP contribution in [0.4, 0.5) is 8.78 Å². The van der Waals surface area contributed by atoms with Gasteiger partial charge >= 0.3 is 5.97 Å². The van der Waals surface area contributed by atoms with E-state index in [0.717, 1.165) is 36.4 Å². The highest BCUT2D eigenvalue weighted by Gasteiger charge is 2.23. The SMILES string of the molecule is O=C(O)CC(NS(=O)(=O)c1ccc(F)cc1)c1ccc(F)cc1. The van der Waals surface area contributed by atoms with Crippen LogP contribution in [0.3, 0.4) is 0 Å². The van der Waals surface area contributed by atoms with Gasteiger partial charge in [-0.3, -0.25) is 4.79 Å². The maximum absolute atomic E-state index is 13.0. The first-order valence-electron chi connectivity index (χ1n) is 6.53. The number of carboxylic acid groups (broad SMARTS) is 1. The Hall–Kier alpha value is -2.32. The van der Waals surface area contributed by atoms with Gasteiger partial charge in [-0.25, -0.2) is 21.9 Å². The van der Waals surface area contributed by atoms with Crippen molar-refractivity contribution in [1.82, 2.24) is 4.72 Å². The maximum atomic E-state index is 13.0. The topological polar surface area (TPSA) is 83.5 Å². The second kappa shape index (κ2) is 6.84. The molecule has 122 valence electrons. The van der Waals surface area contributed by atoms with Crippen molar-refractivity contribution in [3.8, 4) is 0 Å². The molecule has 0 fully saturated rings. The Kier molecular flexibility index (Phi) is 5.07. The molecule has 5 nitrogen and oxygen atoms in total. The molecule has 1 atom stereocenters. The summed E-state index contributed by atoms with van der Waals surface area (Å²) in [5, 5.41) is 8.95. The van der Waals surface area contributed by atoms with Gasteiger partial charge < -0.3 is 5.11 Å². The number of hydrogen-bond donors (Lipinski definition) is 2. The van der Waals surface area contributed by atoms with E-state index in [1.165, 1.54) is 12.1 Å². The quantitative estimate of drug-likeness (QED) is 0.845. The molecule has 0 saturated carbocycles. The third-order valence-corrected chi connectivity index (χ3v) is 4.56. The Balaban J connectivity index is 2.31. The molecule has 0 aliphatic rings. The number of hydrogen-bond acceptors (Lipinski definition) is 3. The molecule has 0 heterocycles. The van der Waals surface area contributed by atoms with Crippen molar-refractivity contribution in [3.63, 3.8) is 0 Å². The van der Waals surface area contributed by atoms with Crippen LogP contribution in [0.2, 0.25) is 0 Å². The molecule has 23 heavy (non-hydrogen) atoms. The van der Waals surface area contributed by atoms with E-state index in [1.54, 1.807) is 0 Å². The zero-order valence-corrected chi connectivity index (χ0v) is 12.6. The molecule has 0 aromatic heterocycles. The normalized spacial score (nSPS) is 12.8. The molecule has 8 heteroatoms. The Labute approximate surface area is 131 Å². The first-order valence-corrected chi connectivity index (χ1v) is 8.01. The second-order valence-corrected chi connectivity index (χ2v) is 6.49. The van der Waals surface area contributed by atoms with Crippen LogP contribution in [-0.4, -0.2) is 19.5 Å². The van der Waals surface area contributed by atoms with Crippen molar-refractivity contribution < 1.29 is 27.1 Å². The molecule has 0 aliphatic carbocycles. The van der Waals surface area contributed by atoms with Crippen molar-refractivity contribution in [1.29, 1.82) is 0 Å². The smallest absolute Gasteiger partial charge is 0.305 e. The molecule has 0 aliphatic heterocycles. The minimum absolute atomic E-state index is 0.198. The molecule has 2 aromatic rings. The van der Waals surface area contributed by atoms with Crippen LogP contribution < -0.4 is 4.72 Å². The summed E-state index contributed by atoms with van der Waals surface area (Å²) in [4.78, 5) is 10.8. The van der Waals surface area contributed by atoms with Crippen molar-refractivity contribution in [3.05, 3.63) is 65.7 Å². The van der Waals surface area contributed by atoms with Gasteiger partial charge in [0.15, 0.2) is 0 Å². The van der Waals surface area contributed by atoms with E-state index >= 15 is 0 Å². The first-order chi connectivity index (χ1) is 10.8. The lowest BCUT2D eigenvalue weighted by Crippen LogP contribution is -2.30. The van der Waals surface area contributed by atoms with Gasteiger partial charge in [0.25, 0.3) is 0 Å². The molecule has 2 N–H and O–H groups in total. The van der Waals surface area contributed by atoms with Gasteiger partial charge in [-0.15, -0.1) is 0 Å². The minimum Gasteiger partial charge on any atom is -0.481 e. The fourth-order valence-electron chi connectivity index (χ4n) is 1.97. The fraction of sp³-hybridized carbons (Fsp3) is 0.133. The Morgan fingerprint density at radius 3 is 1.96 bits per heavy atom. The van der Waals surface area contributed by atoms with Gasteiger partial charge in [-0.05, 0) is 42.0 Å². The molecule has 2 aromatic carbocycles. The number of halogens is 2. The molecule has 1 unspecified atom stereocenters. The molecule has 0 radical (unpaired) electrons. The average Bonchev–Trinajstić information content (AvgIpc) is 2.47. The van der Waals surface area contributed by atoms with Crippen LogP contribution in [0.15, 0.2) is 53.4 Å². The molecule has 0 spiro atoms. The lowest BCUT2D eigenvalue weighted by Gasteiger charge is -2.17. The zero-order chi connectivity index (χ0) is 17.0.